The molecular weight excluding hydrogens is 644 g/mol. The number of rotatable bonds is 11. The van der Waals surface area contributed by atoms with E-state index >= 15 is 0 Å². The molecular formula is C39H44N8O4. The number of amides is 3. The highest BCUT2D eigenvalue weighted by Crippen LogP contribution is 2.42. The van der Waals surface area contributed by atoms with Crippen molar-refractivity contribution in [2.75, 3.05) is 31.6 Å². The van der Waals surface area contributed by atoms with E-state index in [9.17, 15) is 14.4 Å². The summed E-state index contributed by atoms with van der Waals surface area (Å²) in [5.41, 5.74) is 4.21. The molecule has 1 aliphatic carbocycles. The highest BCUT2D eigenvalue weighted by Gasteiger charge is 2.45. The lowest BCUT2D eigenvalue weighted by Gasteiger charge is -2.49. The largest absolute Gasteiger partial charge is 0.372 e. The van der Waals surface area contributed by atoms with E-state index in [-0.39, 0.29) is 35.8 Å². The van der Waals surface area contributed by atoms with Crippen LogP contribution in [0.2, 0.25) is 0 Å². The van der Waals surface area contributed by atoms with Crippen LogP contribution < -0.4 is 10.2 Å². The van der Waals surface area contributed by atoms with Gasteiger partial charge in [0.1, 0.15) is 17.6 Å². The lowest BCUT2D eigenvalue weighted by Crippen LogP contribution is -2.60. The summed E-state index contributed by atoms with van der Waals surface area (Å²) in [6.07, 6.45) is 7.31. The van der Waals surface area contributed by atoms with Crippen LogP contribution in [0.15, 0.2) is 85.2 Å². The Morgan fingerprint density at radius 1 is 1.08 bits per heavy atom. The molecule has 264 valence electrons. The standard InChI is InChI=1S/C39H44N8O4/c1-5-45-37-32(20-40-47(37)29-12-7-6-8-13-29)34(35(39(45)50)41-36(48)33-16-17-46(42-33)28-14-15-28)27-11-9-10-26(18-27)21-43(4)38(49)24(2)25(3)44-22-30-19-31(23-44)51-30/h6-13,16-18,20,25,28,30-31,34-35H,2,5,14-15,19,21-23H2,1,3-4H3,(H,41,48)/t25?,30?,31?,34-,35+/m1/s1. The first-order valence-corrected chi connectivity index (χ1v) is 17.9. The van der Waals surface area contributed by atoms with E-state index in [0.717, 1.165) is 54.7 Å². The first-order valence-electron chi connectivity index (χ1n) is 17.9. The highest BCUT2D eigenvalue weighted by atomic mass is 16.5. The van der Waals surface area contributed by atoms with Crippen LogP contribution in [-0.4, -0.2) is 98.1 Å². The van der Waals surface area contributed by atoms with E-state index in [4.69, 9.17) is 9.84 Å². The third kappa shape index (κ3) is 6.16. The molecule has 4 fully saturated rings. The van der Waals surface area contributed by atoms with E-state index in [0.29, 0.717) is 30.5 Å². The molecule has 1 N–H and O–H groups in total. The van der Waals surface area contributed by atoms with Gasteiger partial charge in [-0.15, -0.1) is 0 Å². The quantitative estimate of drug-likeness (QED) is 0.236. The summed E-state index contributed by atoms with van der Waals surface area (Å²) in [4.78, 5) is 47.5. The Labute approximate surface area is 297 Å². The second kappa shape index (κ2) is 13.2. The van der Waals surface area contributed by atoms with Crippen LogP contribution >= 0.6 is 0 Å². The number of hydrogen-bond acceptors (Lipinski definition) is 7. The summed E-state index contributed by atoms with van der Waals surface area (Å²) in [5.74, 6) is -0.621. The van der Waals surface area contributed by atoms with E-state index in [1.54, 1.807) is 33.8 Å². The van der Waals surface area contributed by atoms with Gasteiger partial charge in [0.05, 0.1) is 30.1 Å². The zero-order valence-electron chi connectivity index (χ0n) is 29.3. The van der Waals surface area contributed by atoms with Crippen molar-refractivity contribution in [3.63, 3.8) is 0 Å². The summed E-state index contributed by atoms with van der Waals surface area (Å²) < 4.78 is 9.41. The minimum Gasteiger partial charge on any atom is -0.372 e. The number of para-hydroxylation sites is 1. The Morgan fingerprint density at radius 3 is 2.53 bits per heavy atom. The van der Waals surface area contributed by atoms with Gasteiger partial charge in [0.2, 0.25) is 0 Å². The number of anilines is 1. The van der Waals surface area contributed by atoms with Gasteiger partial charge in [-0.1, -0.05) is 49.0 Å². The zero-order chi connectivity index (χ0) is 35.4. The normalized spacial score (nSPS) is 23.3. The van der Waals surface area contributed by atoms with Crippen molar-refractivity contribution in [1.82, 2.24) is 34.7 Å². The average Bonchev–Trinajstić information content (AvgIpc) is 3.71. The topological polar surface area (TPSA) is 118 Å². The lowest BCUT2D eigenvalue weighted by molar-refractivity contribution is -0.185. The first-order chi connectivity index (χ1) is 24.7. The number of piperidine rings is 1. The Kier molecular flexibility index (Phi) is 8.59. The van der Waals surface area contributed by atoms with Gasteiger partial charge in [-0.25, -0.2) is 4.68 Å². The smallest absolute Gasteiger partial charge is 0.272 e. The summed E-state index contributed by atoms with van der Waals surface area (Å²) in [5, 5.41) is 12.4. The maximum absolute atomic E-state index is 14.5. The molecule has 1 saturated carbocycles. The molecule has 9 rings (SSSR count). The molecule has 12 heteroatoms. The Bertz CT molecular complexity index is 1970. The fraction of sp³-hybridized carbons (Fsp3) is 0.410. The molecule has 5 aliphatic rings. The maximum atomic E-state index is 14.5. The fourth-order valence-corrected chi connectivity index (χ4v) is 7.81. The second-order valence-corrected chi connectivity index (χ2v) is 14.3. The van der Waals surface area contributed by atoms with Crippen molar-refractivity contribution in [2.45, 2.75) is 75.9 Å². The molecule has 2 aromatic carbocycles. The minimum absolute atomic E-state index is 0.0881. The van der Waals surface area contributed by atoms with Gasteiger partial charge in [0, 0.05) is 68.9 Å². The molecule has 3 unspecified atom stereocenters. The Morgan fingerprint density at radius 2 is 1.82 bits per heavy atom. The molecule has 2 aromatic heterocycles. The number of carbonyl (C=O) groups is 3. The number of nitrogens with zero attached hydrogens (tertiary/aromatic N) is 7. The third-order valence-electron chi connectivity index (χ3n) is 10.8. The van der Waals surface area contributed by atoms with Gasteiger partial charge in [0.15, 0.2) is 0 Å². The number of aromatic nitrogens is 4. The molecule has 12 nitrogen and oxygen atoms in total. The number of ether oxygens (including phenoxy) is 1. The molecule has 6 heterocycles. The Hall–Kier alpha value is -5.07. The second-order valence-electron chi connectivity index (χ2n) is 14.3. The summed E-state index contributed by atoms with van der Waals surface area (Å²) >= 11 is 0. The van der Waals surface area contributed by atoms with Crippen molar-refractivity contribution in [3.8, 4) is 5.69 Å². The molecule has 4 aliphatic heterocycles. The molecule has 51 heavy (non-hydrogen) atoms. The van der Waals surface area contributed by atoms with Gasteiger partial charge < -0.3 is 15.0 Å². The number of morpholine rings is 1. The Balaban J connectivity index is 1.10. The van der Waals surface area contributed by atoms with Crippen molar-refractivity contribution in [3.05, 3.63) is 108 Å². The van der Waals surface area contributed by atoms with Crippen LogP contribution in [0.4, 0.5) is 5.82 Å². The fourth-order valence-electron chi connectivity index (χ4n) is 7.81. The van der Waals surface area contributed by atoms with Crippen LogP contribution in [-0.2, 0) is 20.9 Å². The van der Waals surface area contributed by atoms with Gasteiger partial charge in [-0.3, -0.25) is 28.9 Å². The number of likely N-dealkylation sites (N-methyl/N-ethyl adjacent to an activating group) is 2. The third-order valence-corrected chi connectivity index (χ3v) is 10.8. The van der Waals surface area contributed by atoms with Crippen LogP contribution in [0, 0.1) is 0 Å². The average molecular weight is 689 g/mol. The summed E-state index contributed by atoms with van der Waals surface area (Å²) in [7, 11) is 1.79. The number of nitrogens with one attached hydrogen (secondary N) is 1. The molecule has 0 spiro atoms. The van der Waals surface area contributed by atoms with Crippen molar-refractivity contribution >= 4 is 23.5 Å². The zero-order valence-corrected chi connectivity index (χ0v) is 29.3. The van der Waals surface area contributed by atoms with E-state index in [1.165, 1.54) is 0 Å². The number of benzene rings is 2. The number of fused-ring (bicyclic) bond motifs is 3. The SMILES string of the molecule is C=C(C(=O)N(C)Cc1cccc([C@@H]2c3cnn(-c4ccccc4)c3N(CC)C(=O)[C@H]2NC(=O)c2ccn(C3CC3)n2)c1)C(C)N1CC2CC(C1)O2. The number of hydrogen-bond donors (Lipinski definition) is 1. The van der Waals surface area contributed by atoms with Gasteiger partial charge in [-0.05, 0) is 56.0 Å². The minimum atomic E-state index is -0.917. The lowest BCUT2D eigenvalue weighted by atomic mass is 9.82. The van der Waals surface area contributed by atoms with Gasteiger partial charge >= 0.3 is 0 Å². The van der Waals surface area contributed by atoms with E-state index in [2.05, 4.69) is 21.9 Å². The van der Waals surface area contributed by atoms with Crippen LogP contribution in [0.3, 0.4) is 0 Å². The highest BCUT2D eigenvalue weighted by molar-refractivity contribution is 6.04. The monoisotopic (exact) mass is 688 g/mol. The predicted octanol–water partition coefficient (Wildman–Crippen LogP) is 4.08. The van der Waals surface area contributed by atoms with Gasteiger partial charge in [0.25, 0.3) is 17.7 Å². The van der Waals surface area contributed by atoms with Crippen molar-refractivity contribution in [1.29, 1.82) is 0 Å². The summed E-state index contributed by atoms with van der Waals surface area (Å²) in [6, 6.07) is 18.7. The van der Waals surface area contributed by atoms with E-state index in [1.807, 2.05) is 79.3 Å². The molecule has 2 bridgehead atoms. The molecule has 5 atom stereocenters. The molecule has 4 aromatic rings. The predicted molar refractivity (Wildman–Crippen MR) is 192 cm³/mol. The van der Waals surface area contributed by atoms with Gasteiger partial charge in [-0.2, -0.15) is 10.2 Å². The van der Waals surface area contributed by atoms with Crippen molar-refractivity contribution < 1.29 is 19.1 Å². The van der Waals surface area contributed by atoms with Crippen LogP contribution in [0.5, 0.6) is 0 Å². The van der Waals surface area contributed by atoms with Crippen LogP contribution in [0.1, 0.15) is 72.2 Å². The molecule has 3 amide bonds. The maximum Gasteiger partial charge on any atom is 0.272 e. The first kappa shape index (κ1) is 33.1. The van der Waals surface area contributed by atoms with Crippen molar-refractivity contribution in [2.24, 2.45) is 0 Å². The van der Waals surface area contributed by atoms with E-state index < -0.39 is 17.9 Å². The summed E-state index contributed by atoms with van der Waals surface area (Å²) in [6.45, 7) is 10.5. The molecule has 3 saturated heterocycles. The number of carbonyl (C=O) groups excluding carboxylic acids is 3. The molecule has 0 radical (unpaired) electrons. The van der Waals surface area contributed by atoms with Crippen LogP contribution in [0.25, 0.3) is 5.69 Å².